The van der Waals surface area contributed by atoms with Gasteiger partial charge in [0.25, 0.3) is 0 Å². The summed E-state index contributed by atoms with van der Waals surface area (Å²) in [7, 11) is 0. The number of hydrogen-bond acceptors (Lipinski definition) is 3. The highest BCUT2D eigenvalue weighted by Gasteiger charge is 2.09. The molecule has 1 aliphatic heterocycles. The Morgan fingerprint density at radius 3 is 3.00 bits per heavy atom. The Morgan fingerprint density at radius 2 is 2.21 bits per heavy atom. The van der Waals surface area contributed by atoms with Gasteiger partial charge in [-0.1, -0.05) is 13.8 Å². The van der Waals surface area contributed by atoms with E-state index in [9.17, 15) is 0 Å². The van der Waals surface area contributed by atoms with Crippen LogP contribution in [0.5, 0.6) is 0 Å². The van der Waals surface area contributed by atoms with E-state index in [1.54, 1.807) is 0 Å². The minimum Gasteiger partial charge on any atom is -0.369 e. The van der Waals surface area contributed by atoms with Gasteiger partial charge in [0.15, 0.2) is 0 Å². The minimum absolute atomic E-state index is 0.552. The number of fused-ring (bicyclic) bond motifs is 1. The third-order valence-electron chi connectivity index (χ3n) is 2.56. The second-order valence-electron chi connectivity index (χ2n) is 4.03. The first-order chi connectivity index (χ1) is 6.77. The highest BCUT2D eigenvalue weighted by Crippen LogP contribution is 2.20. The lowest BCUT2D eigenvalue weighted by Crippen LogP contribution is -2.16. The van der Waals surface area contributed by atoms with Gasteiger partial charge in [-0.25, -0.2) is 4.98 Å². The van der Waals surface area contributed by atoms with Crippen LogP contribution in [0.4, 0.5) is 5.82 Å². The molecule has 0 spiro atoms. The van der Waals surface area contributed by atoms with Crippen molar-refractivity contribution < 1.29 is 0 Å². The monoisotopic (exact) mass is 191 g/mol. The largest absolute Gasteiger partial charge is 0.369 e. The zero-order valence-electron chi connectivity index (χ0n) is 8.80. The lowest BCUT2D eigenvalue weighted by molar-refractivity contribution is 0.723. The summed E-state index contributed by atoms with van der Waals surface area (Å²) in [6.45, 7) is 7.28. The number of aromatic nitrogens is 1. The van der Waals surface area contributed by atoms with E-state index in [1.165, 1.54) is 11.1 Å². The molecule has 76 valence electrons. The second-order valence-corrected chi connectivity index (χ2v) is 4.03. The summed E-state index contributed by atoms with van der Waals surface area (Å²) >= 11 is 0. The molecule has 0 aromatic carbocycles. The Labute approximate surface area is 84.9 Å². The highest BCUT2D eigenvalue weighted by atomic mass is 15.0. The zero-order valence-corrected chi connectivity index (χ0v) is 8.80. The van der Waals surface area contributed by atoms with Crippen LogP contribution >= 0.6 is 0 Å². The van der Waals surface area contributed by atoms with Crippen LogP contribution < -0.4 is 10.6 Å². The van der Waals surface area contributed by atoms with Gasteiger partial charge in [-0.05, 0) is 17.5 Å². The molecule has 0 saturated heterocycles. The molecule has 0 radical (unpaired) electrons. The molecule has 1 aromatic heterocycles. The average Bonchev–Trinajstić information content (AvgIpc) is 2.41. The topological polar surface area (TPSA) is 37.0 Å². The molecular formula is C11H17N3. The zero-order chi connectivity index (χ0) is 9.97. The van der Waals surface area contributed by atoms with Crippen molar-refractivity contribution in [2.75, 3.05) is 18.4 Å². The van der Waals surface area contributed by atoms with E-state index in [-0.39, 0.29) is 0 Å². The quantitative estimate of drug-likeness (QED) is 0.709. The highest BCUT2D eigenvalue weighted by molar-refractivity contribution is 5.46. The second kappa shape index (κ2) is 3.96. The third kappa shape index (κ3) is 1.87. The van der Waals surface area contributed by atoms with Gasteiger partial charge < -0.3 is 10.6 Å². The lowest BCUT2D eigenvalue weighted by atomic mass is 10.0. The van der Waals surface area contributed by atoms with Gasteiger partial charge in [0.05, 0.1) is 0 Å². The molecule has 2 heterocycles. The lowest BCUT2D eigenvalue weighted by Gasteiger charge is -2.10. The van der Waals surface area contributed by atoms with Crippen LogP contribution in [0.15, 0.2) is 12.3 Å². The van der Waals surface area contributed by atoms with Gasteiger partial charge in [-0.2, -0.15) is 0 Å². The molecule has 1 aromatic rings. The summed E-state index contributed by atoms with van der Waals surface area (Å²) in [6.07, 6.45) is 1.97. The summed E-state index contributed by atoms with van der Waals surface area (Å²) < 4.78 is 0. The first-order valence-corrected chi connectivity index (χ1v) is 5.21. The Hall–Kier alpha value is -1.09. The number of hydrogen-bond donors (Lipinski definition) is 2. The van der Waals surface area contributed by atoms with Crippen LogP contribution in [0.25, 0.3) is 0 Å². The van der Waals surface area contributed by atoms with Gasteiger partial charge in [0.1, 0.15) is 5.82 Å². The van der Waals surface area contributed by atoms with Crippen LogP contribution in [0, 0.1) is 0 Å². The van der Waals surface area contributed by atoms with Crippen molar-refractivity contribution in [2.24, 2.45) is 0 Å². The van der Waals surface area contributed by atoms with Gasteiger partial charge in [-0.15, -0.1) is 0 Å². The van der Waals surface area contributed by atoms with Crippen molar-refractivity contribution in [2.45, 2.75) is 26.3 Å². The maximum atomic E-state index is 4.45. The van der Waals surface area contributed by atoms with Crippen molar-refractivity contribution in [3.05, 3.63) is 23.4 Å². The first-order valence-electron chi connectivity index (χ1n) is 5.21. The molecule has 3 heteroatoms. The molecule has 2 N–H and O–H groups in total. The smallest absolute Gasteiger partial charge is 0.130 e. The van der Waals surface area contributed by atoms with E-state index >= 15 is 0 Å². The Kier molecular flexibility index (Phi) is 2.68. The van der Waals surface area contributed by atoms with Crippen molar-refractivity contribution in [3.8, 4) is 0 Å². The number of nitrogens with one attached hydrogen (secondary N) is 2. The molecule has 0 saturated carbocycles. The van der Waals surface area contributed by atoms with Crippen molar-refractivity contribution in [1.82, 2.24) is 10.3 Å². The molecule has 0 atom stereocenters. The molecule has 0 aliphatic carbocycles. The van der Waals surface area contributed by atoms with E-state index in [0.717, 1.165) is 25.5 Å². The molecule has 0 fully saturated rings. The molecule has 3 nitrogen and oxygen atoms in total. The van der Waals surface area contributed by atoms with Crippen LogP contribution in [-0.2, 0) is 6.54 Å². The summed E-state index contributed by atoms with van der Waals surface area (Å²) in [4.78, 5) is 4.45. The summed E-state index contributed by atoms with van der Waals surface area (Å²) in [5, 5.41) is 6.68. The molecule has 0 amide bonds. The first kappa shape index (κ1) is 9.46. The maximum absolute atomic E-state index is 4.45. The fraction of sp³-hybridized carbons (Fsp3) is 0.545. The Bertz CT molecular complexity index is 320. The predicted molar refractivity (Wildman–Crippen MR) is 58.5 cm³/mol. The molecule has 14 heavy (non-hydrogen) atoms. The molecule has 0 bridgehead atoms. The van der Waals surface area contributed by atoms with Crippen LogP contribution in [0.3, 0.4) is 0 Å². The standard InChI is InChI=1S/C11H17N3/c1-8(2)9-5-10-6-12-3-4-13-11(10)14-7-9/h5,7-8,12H,3-4,6H2,1-2H3,(H,13,14). The minimum atomic E-state index is 0.552. The van der Waals surface area contributed by atoms with Crippen LogP contribution in [0.2, 0.25) is 0 Å². The number of anilines is 1. The normalized spacial score (nSPS) is 15.9. The van der Waals surface area contributed by atoms with Crippen LogP contribution in [0.1, 0.15) is 30.9 Å². The molecule has 1 aliphatic rings. The van der Waals surface area contributed by atoms with Crippen LogP contribution in [-0.4, -0.2) is 18.1 Å². The number of rotatable bonds is 1. The van der Waals surface area contributed by atoms with E-state index in [1.807, 2.05) is 6.20 Å². The van der Waals surface area contributed by atoms with Crippen molar-refractivity contribution in [1.29, 1.82) is 0 Å². The summed E-state index contributed by atoms with van der Waals surface area (Å²) in [5.41, 5.74) is 2.60. The molecular weight excluding hydrogens is 174 g/mol. The SMILES string of the molecule is CC(C)c1cnc2c(c1)CNCCN2. The number of pyridine rings is 1. The summed E-state index contributed by atoms with van der Waals surface area (Å²) in [5.74, 6) is 1.59. The Balaban J connectivity index is 2.32. The predicted octanol–water partition coefficient (Wildman–Crippen LogP) is 1.72. The van der Waals surface area contributed by atoms with Gasteiger partial charge >= 0.3 is 0 Å². The fourth-order valence-corrected chi connectivity index (χ4v) is 1.63. The molecule has 0 unspecified atom stereocenters. The van der Waals surface area contributed by atoms with Gasteiger partial charge in [0, 0.05) is 31.4 Å². The van der Waals surface area contributed by atoms with E-state index < -0.39 is 0 Å². The molecule has 2 rings (SSSR count). The Morgan fingerprint density at radius 1 is 1.36 bits per heavy atom. The fourth-order valence-electron chi connectivity index (χ4n) is 1.63. The van der Waals surface area contributed by atoms with E-state index in [2.05, 4.69) is 35.5 Å². The number of nitrogens with zero attached hydrogens (tertiary/aromatic N) is 1. The van der Waals surface area contributed by atoms with Crippen molar-refractivity contribution >= 4 is 5.82 Å². The van der Waals surface area contributed by atoms with E-state index in [4.69, 9.17) is 0 Å². The van der Waals surface area contributed by atoms with Crippen molar-refractivity contribution in [3.63, 3.8) is 0 Å². The summed E-state index contributed by atoms with van der Waals surface area (Å²) in [6, 6.07) is 2.25. The van der Waals surface area contributed by atoms with E-state index in [0.29, 0.717) is 5.92 Å². The van der Waals surface area contributed by atoms with Gasteiger partial charge in [-0.3, -0.25) is 0 Å². The maximum Gasteiger partial charge on any atom is 0.130 e. The third-order valence-corrected chi connectivity index (χ3v) is 2.56. The average molecular weight is 191 g/mol. The van der Waals surface area contributed by atoms with Gasteiger partial charge in [0.2, 0.25) is 0 Å².